The molecule has 0 radical (unpaired) electrons. The molecular formula is C13H16BrNOS. The van der Waals surface area contributed by atoms with Gasteiger partial charge in [-0.05, 0) is 31.0 Å². The molecule has 0 aliphatic carbocycles. The minimum absolute atomic E-state index is 0.00977. The fourth-order valence-electron chi connectivity index (χ4n) is 1.94. The highest BCUT2D eigenvalue weighted by Gasteiger charge is 2.30. The number of nitrogens with zero attached hydrogens (tertiary/aromatic N) is 1. The Labute approximate surface area is 115 Å². The van der Waals surface area contributed by atoms with Gasteiger partial charge in [-0.15, -0.1) is 11.8 Å². The van der Waals surface area contributed by atoms with Crippen molar-refractivity contribution in [1.82, 2.24) is 0 Å². The average molecular weight is 314 g/mol. The molecule has 2 rings (SSSR count). The molecule has 2 nitrogen and oxygen atoms in total. The number of fused-ring (bicyclic) bond motifs is 1. The summed E-state index contributed by atoms with van der Waals surface area (Å²) >= 11 is 5.12. The molecule has 1 aromatic carbocycles. The molecule has 4 heteroatoms. The van der Waals surface area contributed by atoms with Crippen LogP contribution in [0.25, 0.3) is 0 Å². The van der Waals surface area contributed by atoms with Crippen LogP contribution in [-0.2, 0) is 4.79 Å². The molecule has 0 spiro atoms. The zero-order valence-electron chi connectivity index (χ0n) is 10.2. The lowest BCUT2D eigenvalue weighted by atomic mass is 10.1. The van der Waals surface area contributed by atoms with Crippen LogP contribution in [0, 0.1) is 5.92 Å². The second-order valence-corrected chi connectivity index (χ2v) is 7.01. The SMILES string of the molecule is CC(C)CN1C(=O)C(C)Sc2cc(Br)ccc21. The van der Waals surface area contributed by atoms with Gasteiger partial charge in [0.15, 0.2) is 0 Å². The molecule has 0 fully saturated rings. The zero-order chi connectivity index (χ0) is 12.6. The van der Waals surface area contributed by atoms with Gasteiger partial charge in [0, 0.05) is 15.9 Å². The molecule has 1 aliphatic heterocycles. The summed E-state index contributed by atoms with van der Waals surface area (Å²) in [4.78, 5) is 15.3. The predicted octanol–water partition coefficient (Wildman–Crippen LogP) is 3.93. The lowest BCUT2D eigenvalue weighted by Gasteiger charge is -2.33. The van der Waals surface area contributed by atoms with E-state index in [1.165, 1.54) is 4.90 Å². The molecule has 0 N–H and O–H groups in total. The van der Waals surface area contributed by atoms with Gasteiger partial charge < -0.3 is 4.90 Å². The van der Waals surface area contributed by atoms with Crippen LogP contribution in [0.3, 0.4) is 0 Å². The summed E-state index contributed by atoms with van der Waals surface area (Å²) < 4.78 is 1.06. The highest BCUT2D eigenvalue weighted by atomic mass is 79.9. The summed E-state index contributed by atoms with van der Waals surface area (Å²) in [6, 6.07) is 6.12. The van der Waals surface area contributed by atoms with Crippen LogP contribution >= 0.6 is 27.7 Å². The Bertz CT molecular complexity index is 447. The van der Waals surface area contributed by atoms with E-state index >= 15 is 0 Å². The smallest absolute Gasteiger partial charge is 0.240 e. The van der Waals surface area contributed by atoms with Crippen molar-refractivity contribution < 1.29 is 4.79 Å². The molecule has 1 atom stereocenters. The van der Waals surface area contributed by atoms with Crippen LogP contribution < -0.4 is 4.90 Å². The number of anilines is 1. The summed E-state index contributed by atoms with van der Waals surface area (Å²) in [6.45, 7) is 7.04. The van der Waals surface area contributed by atoms with Crippen LogP contribution in [0.15, 0.2) is 27.6 Å². The summed E-state index contributed by atoms with van der Waals surface area (Å²) in [5.41, 5.74) is 1.05. The number of benzene rings is 1. The Balaban J connectivity index is 2.41. The zero-order valence-corrected chi connectivity index (χ0v) is 12.6. The number of amides is 1. The molecule has 0 bridgehead atoms. The van der Waals surface area contributed by atoms with Crippen molar-refractivity contribution in [3.63, 3.8) is 0 Å². The van der Waals surface area contributed by atoms with Gasteiger partial charge in [0.2, 0.25) is 5.91 Å². The third-order valence-corrected chi connectivity index (χ3v) is 4.31. The quantitative estimate of drug-likeness (QED) is 0.824. The van der Waals surface area contributed by atoms with E-state index in [0.29, 0.717) is 5.92 Å². The largest absolute Gasteiger partial charge is 0.310 e. The molecule has 1 aliphatic rings. The van der Waals surface area contributed by atoms with E-state index in [1.807, 2.05) is 24.0 Å². The molecule has 92 valence electrons. The summed E-state index contributed by atoms with van der Waals surface area (Å²) in [5.74, 6) is 0.698. The molecule has 0 aromatic heterocycles. The van der Waals surface area contributed by atoms with Crippen LogP contribution in [0.1, 0.15) is 20.8 Å². The van der Waals surface area contributed by atoms with Crippen molar-refractivity contribution in [2.45, 2.75) is 30.9 Å². The van der Waals surface area contributed by atoms with E-state index in [0.717, 1.165) is 16.7 Å². The topological polar surface area (TPSA) is 20.3 Å². The molecule has 1 unspecified atom stereocenters. The second kappa shape index (κ2) is 5.02. The second-order valence-electron chi connectivity index (χ2n) is 4.71. The van der Waals surface area contributed by atoms with E-state index in [-0.39, 0.29) is 11.2 Å². The fraction of sp³-hybridized carbons (Fsp3) is 0.462. The lowest BCUT2D eigenvalue weighted by Crippen LogP contribution is -2.41. The average Bonchev–Trinajstić information content (AvgIpc) is 2.24. The first-order valence-corrected chi connectivity index (χ1v) is 7.44. The Hall–Kier alpha value is -0.480. The summed E-state index contributed by atoms with van der Waals surface area (Å²) in [6.07, 6.45) is 0. The standard InChI is InChI=1S/C13H16BrNOS/c1-8(2)7-15-11-5-4-10(14)6-12(11)17-9(3)13(15)16/h4-6,8-9H,7H2,1-3H3. The Kier molecular flexibility index (Phi) is 3.83. The Morgan fingerprint density at radius 1 is 1.47 bits per heavy atom. The van der Waals surface area contributed by atoms with Crippen molar-refractivity contribution in [2.24, 2.45) is 5.92 Å². The van der Waals surface area contributed by atoms with Gasteiger partial charge in [-0.3, -0.25) is 4.79 Å². The number of thioether (sulfide) groups is 1. The van der Waals surface area contributed by atoms with Crippen LogP contribution in [0.5, 0.6) is 0 Å². The van der Waals surface area contributed by atoms with Crippen LogP contribution in [-0.4, -0.2) is 17.7 Å². The van der Waals surface area contributed by atoms with Gasteiger partial charge in [-0.2, -0.15) is 0 Å². The first-order chi connectivity index (χ1) is 7.99. The van der Waals surface area contributed by atoms with Crippen molar-refractivity contribution >= 4 is 39.3 Å². The number of carbonyl (C=O) groups excluding carboxylic acids is 1. The van der Waals surface area contributed by atoms with Gasteiger partial charge in [-0.25, -0.2) is 0 Å². The molecule has 1 aromatic rings. The summed E-state index contributed by atoms with van der Waals surface area (Å²) in [7, 11) is 0. The van der Waals surface area contributed by atoms with Gasteiger partial charge in [-0.1, -0.05) is 29.8 Å². The third kappa shape index (κ3) is 2.68. The van der Waals surface area contributed by atoms with E-state index in [9.17, 15) is 4.79 Å². The van der Waals surface area contributed by atoms with Gasteiger partial charge in [0.1, 0.15) is 0 Å². The summed E-state index contributed by atoms with van der Waals surface area (Å²) in [5, 5.41) is 0.00977. The van der Waals surface area contributed by atoms with Gasteiger partial charge in [0.25, 0.3) is 0 Å². The maximum absolute atomic E-state index is 12.2. The maximum Gasteiger partial charge on any atom is 0.240 e. The third-order valence-electron chi connectivity index (χ3n) is 2.68. The minimum atomic E-state index is 0.00977. The minimum Gasteiger partial charge on any atom is -0.310 e. The predicted molar refractivity (Wildman–Crippen MR) is 76.7 cm³/mol. The van der Waals surface area contributed by atoms with Gasteiger partial charge in [0.05, 0.1) is 10.9 Å². The van der Waals surface area contributed by atoms with Crippen molar-refractivity contribution in [1.29, 1.82) is 0 Å². The number of hydrogen-bond donors (Lipinski definition) is 0. The Morgan fingerprint density at radius 3 is 2.82 bits per heavy atom. The molecule has 1 heterocycles. The normalized spacial score (nSPS) is 19.7. The molecular weight excluding hydrogens is 298 g/mol. The molecule has 17 heavy (non-hydrogen) atoms. The number of rotatable bonds is 2. The molecule has 0 saturated carbocycles. The number of halogens is 1. The Morgan fingerprint density at radius 2 is 2.18 bits per heavy atom. The van der Waals surface area contributed by atoms with Gasteiger partial charge >= 0.3 is 0 Å². The number of hydrogen-bond acceptors (Lipinski definition) is 2. The monoisotopic (exact) mass is 313 g/mol. The van der Waals surface area contributed by atoms with E-state index in [2.05, 4.69) is 35.8 Å². The fourth-order valence-corrected chi connectivity index (χ4v) is 3.55. The first kappa shape index (κ1) is 13.0. The van der Waals surface area contributed by atoms with E-state index in [4.69, 9.17) is 0 Å². The number of carbonyl (C=O) groups is 1. The lowest BCUT2D eigenvalue weighted by molar-refractivity contribution is -0.118. The maximum atomic E-state index is 12.2. The van der Waals surface area contributed by atoms with Crippen molar-refractivity contribution in [3.05, 3.63) is 22.7 Å². The first-order valence-electron chi connectivity index (χ1n) is 5.76. The highest BCUT2D eigenvalue weighted by molar-refractivity contribution is 9.10. The van der Waals surface area contributed by atoms with Crippen LogP contribution in [0.4, 0.5) is 5.69 Å². The highest BCUT2D eigenvalue weighted by Crippen LogP contribution is 2.40. The molecule has 0 saturated heterocycles. The van der Waals surface area contributed by atoms with Crippen molar-refractivity contribution in [3.8, 4) is 0 Å². The van der Waals surface area contributed by atoms with Crippen LogP contribution in [0.2, 0.25) is 0 Å². The molecule has 1 amide bonds. The van der Waals surface area contributed by atoms with E-state index in [1.54, 1.807) is 11.8 Å². The van der Waals surface area contributed by atoms with E-state index < -0.39 is 0 Å². The van der Waals surface area contributed by atoms with Crippen molar-refractivity contribution in [2.75, 3.05) is 11.4 Å².